The molecule has 0 aliphatic heterocycles. The maximum absolute atomic E-state index is 10.8. The van der Waals surface area contributed by atoms with Gasteiger partial charge in [0.1, 0.15) is 11.5 Å². The quantitative estimate of drug-likeness (QED) is 0.649. The van der Waals surface area contributed by atoms with Gasteiger partial charge in [-0.3, -0.25) is 10.1 Å². The minimum absolute atomic E-state index is 0.0629. The lowest BCUT2D eigenvalue weighted by molar-refractivity contribution is -0.385. The standard InChI is InChI=1S/C15H14BrNO4/c1-9-7-11(4-6-15(9)17(19)20)21-12-3-5-13(10(2)18)14(16)8-12/h3-8,10,18H,1-2H3/t10-/m1/s1. The first kappa shape index (κ1) is 15.5. The molecule has 0 heterocycles. The first-order valence-electron chi connectivity index (χ1n) is 6.29. The molecule has 0 amide bonds. The number of aliphatic hydroxyl groups is 1. The third kappa shape index (κ3) is 3.59. The van der Waals surface area contributed by atoms with Crippen molar-refractivity contribution in [3.63, 3.8) is 0 Å². The Kier molecular flexibility index (Phi) is 4.59. The number of ether oxygens (including phenoxy) is 1. The molecule has 0 bridgehead atoms. The molecule has 0 aromatic heterocycles. The van der Waals surface area contributed by atoms with E-state index in [9.17, 15) is 15.2 Å². The molecule has 6 heteroatoms. The van der Waals surface area contributed by atoms with Gasteiger partial charge < -0.3 is 9.84 Å². The molecule has 0 spiro atoms. The summed E-state index contributed by atoms with van der Waals surface area (Å²) in [5.74, 6) is 1.11. The summed E-state index contributed by atoms with van der Waals surface area (Å²) in [5, 5.41) is 20.3. The Labute approximate surface area is 130 Å². The topological polar surface area (TPSA) is 72.6 Å². The second kappa shape index (κ2) is 6.24. The fraction of sp³-hybridized carbons (Fsp3) is 0.200. The zero-order valence-corrected chi connectivity index (χ0v) is 13.1. The van der Waals surface area contributed by atoms with Gasteiger partial charge in [0.15, 0.2) is 0 Å². The van der Waals surface area contributed by atoms with E-state index >= 15 is 0 Å². The van der Waals surface area contributed by atoms with E-state index in [1.165, 1.54) is 6.07 Å². The lowest BCUT2D eigenvalue weighted by atomic mass is 10.1. The zero-order chi connectivity index (χ0) is 15.6. The van der Waals surface area contributed by atoms with Gasteiger partial charge in [-0.15, -0.1) is 0 Å². The van der Waals surface area contributed by atoms with Crippen LogP contribution in [-0.4, -0.2) is 10.0 Å². The Balaban J connectivity index is 2.24. The molecule has 0 saturated heterocycles. The van der Waals surface area contributed by atoms with Crippen LogP contribution in [0.4, 0.5) is 5.69 Å². The number of aliphatic hydroxyl groups excluding tert-OH is 1. The summed E-state index contributed by atoms with van der Waals surface area (Å²) in [7, 11) is 0. The van der Waals surface area contributed by atoms with E-state index in [0.29, 0.717) is 17.1 Å². The summed E-state index contributed by atoms with van der Waals surface area (Å²) < 4.78 is 6.42. The van der Waals surface area contributed by atoms with Crippen molar-refractivity contribution >= 4 is 21.6 Å². The summed E-state index contributed by atoms with van der Waals surface area (Å²) in [6.07, 6.45) is -0.574. The number of rotatable bonds is 4. The average molecular weight is 352 g/mol. The average Bonchev–Trinajstić information content (AvgIpc) is 2.37. The minimum Gasteiger partial charge on any atom is -0.457 e. The van der Waals surface area contributed by atoms with Crippen molar-refractivity contribution in [3.8, 4) is 11.5 Å². The Bertz CT molecular complexity index is 685. The maximum Gasteiger partial charge on any atom is 0.272 e. The van der Waals surface area contributed by atoms with Gasteiger partial charge in [0.05, 0.1) is 11.0 Å². The Morgan fingerprint density at radius 3 is 2.38 bits per heavy atom. The molecule has 2 aromatic rings. The lowest BCUT2D eigenvalue weighted by Gasteiger charge is -2.11. The predicted molar refractivity (Wildman–Crippen MR) is 82.7 cm³/mol. The second-order valence-electron chi connectivity index (χ2n) is 4.67. The van der Waals surface area contributed by atoms with Crippen molar-refractivity contribution in [2.45, 2.75) is 20.0 Å². The Morgan fingerprint density at radius 1 is 1.24 bits per heavy atom. The number of halogens is 1. The SMILES string of the molecule is Cc1cc(Oc2ccc([C@@H](C)O)c(Br)c2)ccc1[N+](=O)[O-]. The van der Waals surface area contributed by atoms with E-state index in [1.807, 2.05) is 0 Å². The van der Waals surface area contributed by atoms with Crippen LogP contribution in [0.1, 0.15) is 24.2 Å². The molecule has 1 N–H and O–H groups in total. The predicted octanol–water partition coefficient (Wildman–Crippen LogP) is 4.51. The van der Waals surface area contributed by atoms with Crippen molar-refractivity contribution in [1.29, 1.82) is 0 Å². The molecule has 0 aliphatic rings. The largest absolute Gasteiger partial charge is 0.457 e. The van der Waals surface area contributed by atoms with E-state index in [1.54, 1.807) is 44.2 Å². The molecule has 0 unspecified atom stereocenters. The van der Waals surface area contributed by atoms with Crippen LogP contribution in [-0.2, 0) is 0 Å². The zero-order valence-electron chi connectivity index (χ0n) is 11.5. The van der Waals surface area contributed by atoms with Gasteiger partial charge in [0.2, 0.25) is 0 Å². The fourth-order valence-corrected chi connectivity index (χ4v) is 2.63. The summed E-state index contributed by atoms with van der Waals surface area (Å²) in [6.45, 7) is 3.35. The third-order valence-electron chi connectivity index (χ3n) is 3.02. The minimum atomic E-state index is -0.574. The van der Waals surface area contributed by atoms with Crippen molar-refractivity contribution in [2.75, 3.05) is 0 Å². The van der Waals surface area contributed by atoms with Gasteiger partial charge in [-0.05, 0) is 43.7 Å². The monoisotopic (exact) mass is 351 g/mol. The van der Waals surface area contributed by atoms with Gasteiger partial charge in [-0.1, -0.05) is 22.0 Å². The molecular weight excluding hydrogens is 338 g/mol. The molecule has 0 aliphatic carbocycles. The molecular formula is C15H14BrNO4. The Hall–Kier alpha value is -1.92. The van der Waals surface area contributed by atoms with Crippen LogP contribution in [0, 0.1) is 17.0 Å². The summed E-state index contributed by atoms with van der Waals surface area (Å²) >= 11 is 3.38. The van der Waals surface area contributed by atoms with E-state index < -0.39 is 11.0 Å². The smallest absolute Gasteiger partial charge is 0.272 e. The van der Waals surface area contributed by atoms with E-state index in [4.69, 9.17) is 4.74 Å². The highest BCUT2D eigenvalue weighted by Crippen LogP contribution is 2.31. The number of benzene rings is 2. The number of hydrogen-bond acceptors (Lipinski definition) is 4. The summed E-state index contributed by atoms with van der Waals surface area (Å²) in [6, 6.07) is 9.85. The highest BCUT2D eigenvalue weighted by atomic mass is 79.9. The van der Waals surface area contributed by atoms with Crippen molar-refractivity contribution in [2.24, 2.45) is 0 Å². The number of nitro groups is 1. The molecule has 21 heavy (non-hydrogen) atoms. The molecule has 0 radical (unpaired) electrons. The van der Waals surface area contributed by atoms with E-state index in [2.05, 4.69) is 15.9 Å². The third-order valence-corrected chi connectivity index (χ3v) is 3.71. The molecule has 2 aromatic carbocycles. The van der Waals surface area contributed by atoms with Crippen LogP contribution in [0.25, 0.3) is 0 Å². The fourth-order valence-electron chi connectivity index (χ4n) is 1.94. The molecule has 110 valence electrons. The van der Waals surface area contributed by atoms with Crippen LogP contribution in [0.2, 0.25) is 0 Å². The van der Waals surface area contributed by atoms with E-state index in [-0.39, 0.29) is 5.69 Å². The van der Waals surface area contributed by atoms with Crippen molar-refractivity contribution in [3.05, 3.63) is 62.1 Å². The lowest BCUT2D eigenvalue weighted by Crippen LogP contribution is -1.94. The number of hydrogen-bond donors (Lipinski definition) is 1. The van der Waals surface area contributed by atoms with Crippen LogP contribution in [0.5, 0.6) is 11.5 Å². The molecule has 0 saturated carbocycles. The van der Waals surface area contributed by atoms with Gasteiger partial charge in [-0.25, -0.2) is 0 Å². The first-order chi connectivity index (χ1) is 9.88. The summed E-state index contributed by atoms with van der Waals surface area (Å²) in [5.41, 5.74) is 1.37. The molecule has 0 fully saturated rings. The van der Waals surface area contributed by atoms with E-state index in [0.717, 1.165) is 10.0 Å². The molecule has 1 atom stereocenters. The highest BCUT2D eigenvalue weighted by molar-refractivity contribution is 9.10. The van der Waals surface area contributed by atoms with Crippen LogP contribution in [0.3, 0.4) is 0 Å². The van der Waals surface area contributed by atoms with Gasteiger partial charge >= 0.3 is 0 Å². The Morgan fingerprint density at radius 2 is 1.86 bits per heavy atom. The number of nitro benzene ring substituents is 1. The van der Waals surface area contributed by atoms with Gasteiger partial charge in [0, 0.05) is 16.1 Å². The highest BCUT2D eigenvalue weighted by Gasteiger charge is 2.12. The van der Waals surface area contributed by atoms with Crippen molar-refractivity contribution in [1.82, 2.24) is 0 Å². The normalized spacial score (nSPS) is 12.0. The number of nitrogens with zero attached hydrogens (tertiary/aromatic N) is 1. The molecule has 2 rings (SSSR count). The summed E-state index contributed by atoms with van der Waals surface area (Å²) in [4.78, 5) is 10.3. The van der Waals surface area contributed by atoms with Crippen molar-refractivity contribution < 1.29 is 14.8 Å². The van der Waals surface area contributed by atoms with Crippen LogP contribution >= 0.6 is 15.9 Å². The van der Waals surface area contributed by atoms with Gasteiger partial charge in [0.25, 0.3) is 5.69 Å². The molecule has 5 nitrogen and oxygen atoms in total. The second-order valence-corrected chi connectivity index (χ2v) is 5.52. The maximum atomic E-state index is 10.8. The van der Waals surface area contributed by atoms with Crippen LogP contribution in [0.15, 0.2) is 40.9 Å². The van der Waals surface area contributed by atoms with Gasteiger partial charge in [-0.2, -0.15) is 0 Å². The first-order valence-corrected chi connectivity index (χ1v) is 7.08. The van der Waals surface area contributed by atoms with Crippen LogP contribution < -0.4 is 4.74 Å². The number of aryl methyl sites for hydroxylation is 1.